The number of rotatable bonds is 11. The molecular weight excluding hydrogens is 452 g/mol. The molecule has 0 saturated heterocycles. The molecule has 1 aromatic carbocycles. The van der Waals surface area contributed by atoms with Crippen LogP contribution in [0, 0.1) is 12.8 Å². The normalized spacial score (nSPS) is 13.0. The Morgan fingerprint density at radius 3 is 2.53 bits per heavy atom. The second-order valence-corrected chi connectivity index (χ2v) is 10.9. The number of benzene rings is 1. The number of sulfonamides is 1. The first kappa shape index (κ1) is 25.8. The third-order valence-corrected chi connectivity index (χ3v) is 7.71. The van der Waals surface area contributed by atoms with Crippen LogP contribution in [0.15, 0.2) is 47.6 Å². The maximum Gasteiger partial charge on any atom is 0.324 e. The van der Waals surface area contributed by atoms with Crippen LogP contribution in [0.2, 0.25) is 0 Å². The van der Waals surface area contributed by atoms with Crippen molar-refractivity contribution < 1.29 is 17.9 Å². The van der Waals surface area contributed by atoms with Crippen molar-refractivity contribution in [2.75, 3.05) is 13.7 Å². The maximum absolute atomic E-state index is 13.3. The summed E-state index contributed by atoms with van der Waals surface area (Å²) in [6.45, 7) is 8.71. The highest BCUT2D eigenvalue weighted by Gasteiger charge is 2.34. The monoisotopic (exact) mass is 486 g/mol. The fraction of sp³-hybridized carbons (Fsp3) is 0.480. The Bertz CT molecular complexity index is 1220. The topological polar surface area (TPSA) is 94.4 Å². The van der Waals surface area contributed by atoms with E-state index in [9.17, 15) is 13.2 Å². The van der Waals surface area contributed by atoms with Crippen LogP contribution >= 0.6 is 0 Å². The lowest BCUT2D eigenvalue weighted by molar-refractivity contribution is -0.148. The van der Waals surface area contributed by atoms with Gasteiger partial charge in [-0.25, -0.2) is 13.4 Å². The van der Waals surface area contributed by atoms with Crippen LogP contribution in [-0.4, -0.2) is 52.9 Å². The number of nitrogens with zero attached hydrogens (tertiary/aromatic N) is 4. The van der Waals surface area contributed by atoms with Crippen molar-refractivity contribution >= 4 is 27.0 Å². The second kappa shape index (κ2) is 11.1. The standard InChI is InChI=1S/C25H34N4O4S/c1-6-7-14-33-25(30)24(15-18(2)3)28(5)34(31,32)21-10-8-20(9-11-21)17-29-19(4)27-22-16-26-13-12-23(22)29/h8-13,16,18,24H,6-7,14-15,17H2,1-5H3/t24-/m0/s1. The molecule has 0 aliphatic heterocycles. The highest BCUT2D eigenvalue weighted by atomic mass is 32.2. The first-order valence-electron chi connectivity index (χ1n) is 11.7. The van der Waals surface area contributed by atoms with Gasteiger partial charge >= 0.3 is 5.97 Å². The molecule has 0 aliphatic rings. The van der Waals surface area contributed by atoms with Gasteiger partial charge < -0.3 is 9.30 Å². The summed E-state index contributed by atoms with van der Waals surface area (Å²) in [4.78, 5) is 21.5. The summed E-state index contributed by atoms with van der Waals surface area (Å²) in [5.74, 6) is 0.492. The van der Waals surface area contributed by atoms with Gasteiger partial charge in [0, 0.05) is 19.8 Å². The summed E-state index contributed by atoms with van der Waals surface area (Å²) >= 11 is 0. The highest BCUT2D eigenvalue weighted by Crippen LogP contribution is 2.23. The fourth-order valence-corrected chi connectivity index (χ4v) is 5.16. The summed E-state index contributed by atoms with van der Waals surface area (Å²) in [6.07, 6.45) is 5.49. The fourth-order valence-electron chi connectivity index (χ4n) is 3.84. The first-order valence-corrected chi connectivity index (χ1v) is 13.1. The van der Waals surface area contributed by atoms with Gasteiger partial charge in [-0.2, -0.15) is 4.31 Å². The molecule has 9 heteroatoms. The van der Waals surface area contributed by atoms with Gasteiger partial charge in [0.25, 0.3) is 0 Å². The van der Waals surface area contributed by atoms with E-state index in [1.165, 1.54) is 7.05 Å². The number of carbonyl (C=O) groups excluding carboxylic acids is 1. The van der Waals surface area contributed by atoms with Crippen molar-refractivity contribution in [3.05, 3.63) is 54.1 Å². The quantitative estimate of drug-likeness (QED) is 0.298. The summed E-state index contributed by atoms with van der Waals surface area (Å²) in [5.41, 5.74) is 2.74. The molecule has 0 aliphatic carbocycles. The maximum atomic E-state index is 13.3. The van der Waals surface area contributed by atoms with Crippen LogP contribution in [-0.2, 0) is 26.1 Å². The van der Waals surface area contributed by atoms with Gasteiger partial charge in [0.15, 0.2) is 0 Å². The van der Waals surface area contributed by atoms with Gasteiger partial charge in [-0.1, -0.05) is 39.3 Å². The molecule has 3 rings (SSSR count). The summed E-state index contributed by atoms with van der Waals surface area (Å²) < 4.78 is 35.3. The Kier molecular flexibility index (Phi) is 8.43. The van der Waals surface area contributed by atoms with E-state index in [1.54, 1.807) is 36.7 Å². The Morgan fingerprint density at radius 1 is 1.18 bits per heavy atom. The van der Waals surface area contributed by atoms with Gasteiger partial charge in [0.2, 0.25) is 10.0 Å². The molecule has 0 saturated carbocycles. The zero-order chi connectivity index (χ0) is 24.9. The number of pyridine rings is 1. The molecule has 0 bridgehead atoms. The van der Waals surface area contributed by atoms with Crippen LogP contribution in [0.1, 0.15) is 51.4 Å². The molecule has 184 valence electrons. The number of ether oxygens (including phenoxy) is 1. The van der Waals surface area contributed by atoms with E-state index in [0.717, 1.165) is 39.6 Å². The molecule has 0 radical (unpaired) electrons. The number of esters is 1. The van der Waals surface area contributed by atoms with Gasteiger partial charge in [-0.15, -0.1) is 0 Å². The Balaban J connectivity index is 1.80. The molecule has 0 unspecified atom stereocenters. The van der Waals surface area contributed by atoms with Crippen molar-refractivity contribution in [1.29, 1.82) is 0 Å². The molecule has 0 N–H and O–H groups in total. The largest absolute Gasteiger partial charge is 0.464 e. The van der Waals surface area contributed by atoms with Crippen molar-refractivity contribution in [3.63, 3.8) is 0 Å². The van der Waals surface area contributed by atoms with Crippen molar-refractivity contribution in [3.8, 4) is 0 Å². The first-order chi connectivity index (χ1) is 16.1. The minimum absolute atomic E-state index is 0.132. The van der Waals surface area contributed by atoms with Crippen molar-refractivity contribution in [2.45, 2.75) is 64.4 Å². The average molecular weight is 487 g/mol. The zero-order valence-electron chi connectivity index (χ0n) is 20.6. The molecule has 3 aromatic rings. The van der Waals surface area contributed by atoms with Crippen LogP contribution in [0.5, 0.6) is 0 Å². The number of hydrogen-bond donors (Lipinski definition) is 0. The molecule has 34 heavy (non-hydrogen) atoms. The number of hydrogen-bond acceptors (Lipinski definition) is 6. The molecule has 0 spiro atoms. The van der Waals surface area contributed by atoms with Crippen molar-refractivity contribution in [2.24, 2.45) is 5.92 Å². The Labute approximate surface area is 202 Å². The second-order valence-electron chi connectivity index (χ2n) is 8.94. The predicted octanol–water partition coefficient (Wildman–Crippen LogP) is 4.17. The number of likely N-dealkylation sites (N-methyl/N-ethyl adjacent to an activating group) is 1. The molecule has 0 amide bonds. The van der Waals surface area contributed by atoms with Crippen LogP contribution in [0.3, 0.4) is 0 Å². The third-order valence-electron chi connectivity index (χ3n) is 5.83. The molecule has 2 heterocycles. The number of fused-ring (bicyclic) bond motifs is 1. The Morgan fingerprint density at radius 2 is 1.88 bits per heavy atom. The lowest BCUT2D eigenvalue weighted by atomic mass is 10.0. The van der Waals surface area contributed by atoms with Gasteiger partial charge in [0.1, 0.15) is 17.4 Å². The summed E-state index contributed by atoms with van der Waals surface area (Å²) in [5, 5.41) is 0. The van der Waals surface area contributed by atoms with E-state index < -0.39 is 22.0 Å². The number of unbranched alkanes of at least 4 members (excludes halogenated alkanes) is 1. The SMILES string of the molecule is CCCCOC(=O)[C@H](CC(C)C)N(C)S(=O)(=O)c1ccc(Cn2c(C)nc3cnccc32)cc1. The van der Waals surface area contributed by atoms with Gasteiger partial charge in [-0.3, -0.25) is 9.78 Å². The Hall–Kier alpha value is -2.78. The molecule has 0 fully saturated rings. The third kappa shape index (κ3) is 5.82. The predicted molar refractivity (Wildman–Crippen MR) is 132 cm³/mol. The molecule has 8 nitrogen and oxygen atoms in total. The molecule has 2 aromatic heterocycles. The van der Waals surface area contributed by atoms with E-state index in [2.05, 4.69) is 14.5 Å². The van der Waals surface area contributed by atoms with Crippen LogP contribution in [0.25, 0.3) is 11.0 Å². The number of aryl methyl sites for hydroxylation is 1. The highest BCUT2D eigenvalue weighted by molar-refractivity contribution is 7.89. The van der Waals surface area contributed by atoms with Crippen LogP contribution < -0.4 is 0 Å². The number of aromatic nitrogens is 3. The molecule has 1 atom stereocenters. The number of imidazole rings is 1. The molecular formula is C25H34N4O4S. The summed E-state index contributed by atoms with van der Waals surface area (Å²) in [6, 6.07) is 7.82. The van der Waals surface area contributed by atoms with E-state index >= 15 is 0 Å². The van der Waals surface area contributed by atoms with Gasteiger partial charge in [-0.05, 0) is 49.4 Å². The number of carbonyl (C=O) groups is 1. The smallest absolute Gasteiger partial charge is 0.324 e. The van der Waals surface area contributed by atoms with E-state index in [4.69, 9.17) is 4.74 Å². The minimum Gasteiger partial charge on any atom is -0.464 e. The zero-order valence-corrected chi connectivity index (χ0v) is 21.4. The summed E-state index contributed by atoms with van der Waals surface area (Å²) in [7, 11) is -2.43. The lowest BCUT2D eigenvalue weighted by Gasteiger charge is -2.27. The van der Waals surface area contributed by atoms with Crippen molar-refractivity contribution in [1.82, 2.24) is 18.8 Å². The lowest BCUT2D eigenvalue weighted by Crippen LogP contribution is -2.44. The van der Waals surface area contributed by atoms with E-state index in [-0.39, 0.29) is 10.8 Å². The van der Waals surface area contributed by atoms with Crippen LogP contribution in [0.4, 0.5) is 0 Å². The average Bonchev–Trinajstić information content (AvgIpc) is 3.12. The van der Waals surface area contributed by atoms with E-state index in [0.29, 0.717) is 19.6 Å². The van der Waals surface area contributed by atoms with E-state index in [1.807, 2.05) is 33.8 Å². The van der Waals surface area contributed by atoms with Gasteiger partial charge in [0.05, 0.1) is 23.2 Å². The minimum atomic E-state index is -3.88.